The normalized spacial score (nSPS) is 18.3. The van der Waals surface area contributed by atoms with Crippen LogP contribution in [-0.4, -0.2) is 20.3 Å². The van der Waals surface area contributed by atoms with Gasteiger partial charge in [-0.3, -0.25) is 0 Å². The van der Waals surface area contributed by atoms with E-state index in [0.29, 0.717) is 0 Å². The van der Waals surface area contributed by atoms with Gasteiger partial charge in [-0.1, -0.05) is 36.4 Å². The van der Waals surface area contributed by atoms with Gasteiger partial charge in [0.2, 0.25) is 0 Å². The summed E-state index contributed by atoms with van der Waals surface area (Å²) in [6, 6.07) is 15.1. The monoisotopic (exact) mass is 213 g/mol. The van der Waals surface area contributed by atoms with E-state index in [1.165, 1.54) is 16.3 Å². The van der Waals surface area contributed by atoms with Crippen molar-refractivity contribution in [1.82, 2.24) is 5.32 Å². The average Bonchev–Trinajstić information content (AvgIpc) is 2.28. The second-order valence-electron chi connectivity index (χ2n) is 4.39. The number of fused-ring (bicyclic) bond motifs is 1. The smallest absolute Gasteiger partial charge is 0.0906 e. The molecule has 0 bridgehead atoms. The second-order valence-corrected chi connectivity index (χ2v) is 4.39. The molecule has 1 aliphatic rings. The highest BCUT2D eigenvalue weighted by atomic mass is 16.5. The van der Waals surface area contributed by atoms with Gasteiger partial charge in [0, 0.05) is 0 Å². The third-order valence-electron chi connectivity index (χ3n) is 3.48. The molecule has 0 unspecified atom stereocenters. The summed E-state index contributed by atoms with van der Waals surface area (Å²) in [4.78, 5) is 0. The first-order valence-electron chi connectivity index (χ1n) is 5.60. The summed E-state index contributed by atoms with van der Waals surface area (Å²) < 4.78 is 5.33. The Hall–Kier alpha value is -1.38. The lowest BCUT2D eigenvalue weighted by Gasteiger charge is -2.41. The van der Waals surface area contributed by atoms with E-state index in [1.807, 2.05) is 7.05 Å². The van der Waals surface area contributed by atoms with Crippen LogP contribution in [0.3, 0.4) is 0 Å². The molecule has 0 radical (unpaired) electrons. The standard InChI is InChI=1S/C14H15NO/c1-15-14(9-16-10-14)13-7-6-11-4-2-3-5-12(11)8-13/h2-8,15H,9-10H2,1H3. The average molecular weight is 213 g/mol. The van der Waals surface area contributed by atoms with E-state index in [9.17, 15) is 0 Å². The van der Waals surface area contributed by atoms with E-state index in [4.69, 9.17) is 4.74 Å². The van der Waals surface area contributed by atoms with Crippen LogP contribution >= 0.6 is 0 Å². The molecule has 16 heavy (non-hydrogen) atoms. The lowest BCUT2D eigenvalue weighted by Crippen LogP contribution is -2.56. The van der Waals surface area contributed by atoms with Crippen molar-refractivity contribution in [3.05, 3.63) is 48.0 Å². The highest BCUT2D eigenvalue weighted by Crippen LogP contribution is 2.31. The first kappa shape index (κ1) is 9.82. The van der Waals surface area contributed by atoms with Gasteiger partial charge in [0.1, 0.15) is 0 Å². The van der Waals surface area contributed by atoms with E-state index < -0.39 is 0 Å². The largest absolute Gasteiger partial charge is 0.377 e. The number of ether oxygens (including phenoxy) is 1. The van der Waals surface area contributed by atoms with E-state index in [-0.39, 0.29) is 5.54 Å². The number of rotatable bonds is 2. The van der Waals surface area contributed by atoms with Gasteiger partial charge in [0.15, 0.2) is 0 Å². The molecule has 1 saturated heterocycles. The molecule has 1 aliphatic heterocycles. The van der Waals surface area contributed by atoms with Gasteiger partial charge >= 0.3 is 0 Å². The maximum atomic E-state index is 5.33. The van der Waals surface area contributed by atoms with Gasteiger partial charge in [-0.05, 0) is 29.4 Å². The zero-order valence-electron chi connectivity index (χ0n) is 9.36. The van der Waals surface area contributed by atoms with Crippen molar-refractivity contribution in [2.75, 3.05) is 20.3 Å². The van der Waals surface area contributed by atoms with Crippen LogP contribution in [0.2, 0.25) is 0 Å². The van der Waals surface area contributed by atoms with Crippen LogP contribution in [0.5, 0.6) is 0 Å². The van der Waals surface area contributed by atoms with Crippen LogP contribution in [0.1, 0.15) is 5.56 Å². The molecule has 0 aliphatic carbocycles. The number of likely N-dealkylation sites (N-methyl/N-ethyl adjacent to an activating group) is 1. The highest BCUT2D eigenvalue weighted by molar-refractivity contribution is 5.83. The van der Waals surface area contributed by atoms with Gasteiger partial charge in [0.25, 0.3) is 0 Å². The predicted octanol–water partition coefficient (Wildman–Crippen LogP) is 2.28. The molecule has 2 nitrogen and oxygen atoms in total. The lowest BCUT2D eigenvalue weighted by atomic mass is 9.87. The molecule has 0 atom stereocenters. The fraction of sp³-hybridized carbons (Fsp3) is 0.286. The Balaban J connectivity index is 2.11. The molecule has 1 N–H and O–H groups in total. The fourth-order valence-electron chi connectivity index (χ4n) is 2.25. The minimum atomic E-state index is 0.0318. The molecular weight excluding hydrogens is 198 g/mol. The zero-order valence-corrected chi connectivity index (χ0v) is 9.36. The topological polar surface area (TPSA) is 21.3 Å². The molecule has 0 spiro atoms. The lowest BCUT2D eigenvalue weighted by molar-refractivity contribution is -0.0747. The Bertz CT molecular complexity index is 511. The molecule has 1 fully saturated rings. The molecular formula is C14H15NO. The van der Waals surface area contributed by atoms with Gasteiger partial charge < -0.3 is 10.1 Å². The van der Waals surface area contributed by atoms with Crippen LogP contribution in [0.25, 0.3) is 10.8 Å². The fourth-order valence-corrected chi connectivity index (χ4v) is 2.25. The minimum Gasteiger partial charge on any atom is -0.377 e. The number of hydrogen-bond acceptors (Lipinski definition) is 2. The maximum Gasteiger partial charge on any atom is 0.0906 e. The molecule has 1 heterocycles. The first-order valence-corrected chi connectivity index (χ1v) is 5.60. The summed E-state index contributed by atoms with van der Waals surface area (Å²) in [5, 5.41) is 5.95. The van der Waals surface area contributed by atoms with Crippen molar-refractivity contribution in [2.24, 2.45) is 0 Å². The van der Waals surface area contributed by atoms with E-state index in [2.05, 4.69) is 47.8 Å². The van der Waals surface area contributed by atoms with Crippen molar-refractivity contribution >= 4 is 10.8 Å². The van der Waals surface area contributed by atoms with Crippen LogP contribution in [0.4, 0.5) is 0 Å². The molecule has 2 aromatic carbocycles. The third-order valence-corrected chi connectivity index (χ3v) is 3.48. The van der Waals surface area contributed by atoms with Gasteiger partial charge in [-0.25, -0.2) is 0 Å². The number of hydrogen-bond donors (Lipinski definition) is 1. The van der Waals surface area contributed by atoms with Crippen molar-refractivity contribution in [3.63, 3.8) is 0 Å². The molecule has 0 saturated carbocycles. The summed E-state index contributed by atoms with van der Waals surface area (Å²) >= 11 is 0. The van der Waals surface area contributed by atoms with E-state index >= 15 is 0 Å². The number of benzene rings is 2. The van der Waals surface area contributed by atoms with Gasteiger partial charge in [0.05, 0.1) is 18.8 Å². The maximum absolute atomic E-state index is 5.33. The molecule has 82 valence electrons. The zero-order chi connectivity index (χ0) is 11.0. The second kappa shape index (κ2) is 3.58. The summed E-state index contributed by atoms with van der Waals surface area (Å²) in [6.45, 7) is 1.53. The summed E-state index contributed by atoms with van der Waals surface area (Å²) in [5.74, 6) is 0. The SMILES string of the molecule is CNC1(c2ccc3ccccc3c2)COC1. The van der Waals surface area contributed by atoms with Crippen molar-refractivity contribution in [2.45, 2.75) is 5.54 Å². The van der Waals surface area contributed by atoms with Crippen LogP contribution < -0.4 is 5.32 Å². The molecule has 2 heteroatoms. The van der Waals surface area contributed by atoms with Crippen molar-refractivity contribution in [3.8, 4) is 0 Å². The van der Waals surface area contributed by atoms with Crippen LogP contribution in [0, 0.1) is 0 Å². The number of nitrogens with one attached hydrogen (secondary N) is 1. The molecule has 0 aromatic heterocycles. The predicted molar refractivity (Wildman–Crippen MR) is 65.5 cm³/mol. The van der Waals surface area contributed by atoms with Gasteiger partial charge in [-0.2, -0.15) is 0 Å². The Morgan fingerprint density at radius 1 is 1.06 bits per heavy atom. The Morgan fingerprint density at radius 2 is 1.81 bits per heavy atom. The molecule has 3 rings (SSSR count). The van der Waals surface area contributed by atoms with Crippen LogP contribution in [-0.2, 0) is 10.3 Å². The quantitative estimate of drug-likeness (QED) is 0.826. The highest BCUT2D eigenvalue weighted by Gasteiger charge is 2.38. The third kappa shape index (κ3) is 1.34. The van der Waals surface area contributed by atoms with Crippen LogP contribution in [0.15, 0.2) is 42.5 Å². The van der Waals surface area contributed by atoms with Crippen molar-refractivity contribution < 1.29 is 4.74 Å². The van der Waals surface area contributed by atoms with E-state index in [1.54, 1.807) is 0 Å². The van der Waals surface area contributed by atoms with Gasteiger partial charge in [-0.15, -0.1) is 0 Å². The Morgan fingerprint density at radius 3 is 2.44 bits per heavy atom. The molecule has 0 amide bonds. The Kier molecular flexibility index (Phi) is 2.20. The van der Waals surface area contributed by atoms with Crippen molar-refractivity contribution in [1.29, 1.82) is 0 Å². The van der Waals surface area contributed by atoms with E-state index in [0.717, 1.165) is 13.2 Å². The molecule has 2 aromatic rings. The first-order chi connectivity index (χ1) is 7.84. The summed E-state index contributed by atoms with van der Waals surface area (Å²) in [7, 11) is 2.00. The minimum absolute atomic E-state index is 0.0318. The Labute approximate surface area is 95.2 Å². The summed E-state index contributed by atoms with van der Waals surface area (Å²) in [5.41, 5.74) is 1.35. The summed E-state index contributed by atoms with van der Waals surface area (Å²) in [6.07, 6.45) is 0.